The molecule has 2 aromatic rings. The lowest BCUT2D eigenvalue weighted by Crippen LogP contribution is -2.21. The molecule has 0 atom stereocenters. The molecule has 0 radical (unpaired) electrons. The predicted molar refractivity (Wildman–Crippen MR) is 89.2 cm³/mol. The van der Waals surface area contributed by atoms with E-state index < -0.39 is 11.7 Å². The smallest absolute Gasteiger partial charge is 0.271 e. The molecule has 6 nitrogen and oxygen atoms in total. The Kier molecular flexibility index (Phi) is 5.73. The number of aryl methyl sites for hydroxylation is 1. The van der Waals surface area contributed by atoms with E-state index in [0.29, 0.717) is 11.5 Å². The fourth-order valence-corrected chi connectivity index (χ4v) is 1.88. The molecule has 2 amide bonds. The van der Waals surface area contributed by atoms with E-state index in [1.807, 2.05) is 13.0 Å². The van der Waals surface area contributed by atoms with Crippen molar-refractivity contribution in [1.29, 1.82) is 0 Å². The Morgan fingerprint density at radius 3 is 2.58 bits per heavy atom. The molecule has 0 aliphatic carbocycles. The van der Waals surface area contributed by atoms with E-state index in [1.54, 1.807) is 19.2 Å². The van der Waals surface area contributed by atoms with Gasteiger partial charge in [0.05, 0.1) is 6.42 Å². The zero-order chi connectivity index (χ0) is 17.5. The van der Waals surface area contributed by atoms with Crippen molar-refractivity contribution in [2.24, 2.45) is 5.10 Å². The molecule has 124 valence electrons. The number of amides is 2. The summed E-state index contributed by atoms with van der Waals surface area (Å²) in [7, 11) is 0. The van der Waals surface area contributed by atoms with Crippen LogP contribution in [0.4, 0.5) is 10.2 Å². The summed E-state index contributed by atoms with van der Waals surface area (Å²) < 4.78 is 12.8. The highest BCUT2D eigenvalue weighted by atomic mass is 19.1. The molecule has 1 heterocycles. The Labute approximate surface area is 138 Å². The lowest BCUT2D eigenvalue weighted by Gasteiger charge is -2.05. The van der Waals surface area contributed by atoms with Crippen molar-refractivity contribution in [2.45, 2.75) is 20.3 Å². The molecule has 0 unspecified atom stereocenters. The van der Waals surface area contributed by atoms with Gasteiger partial charge in [0.2, 0.25) is 5.91 Å². The number of nitrogens with one attached hydrogen (secondary N) is 2. The second-order valence-corrected chi connectivity index (χ2v) is 5.24. The summed E-state index contributed by atoms with van der Waals surface area (Å²) in [6, 6.07) is 8.66. The van der Waals surface area contributed by atoms with Crippen LogP contribution in [0.15, 0.2) is 47.7 Å². The monoisotopic (exact) mass is 328 g/mol. The highest BCUT2D eigenvalue weighted by molar-refractivity contribution is 6.05. The molecule has 24 heavy (non-hydrogen) atoms. The molecule has 0 bridgehead atoms. The lowest BCUT2D eigenvalue weighted by molar-refractivity contribution is -0.115. The van der Waals surface area contributed by atoms with Gasteiger partial charge in [-0.3, -0.25) is 9.59 Å². The number of benzene rings is 1. The standard InChI is InChI=1S/C17H17FN4O2/c1-11-7-8-19-15(9-11)20-16(23)10-12(2)21-22-17(24)13-3-5-14(18)6-4-13/h3-9H,10H2,1-2H3,(H,22,24)(H,19,20,23)/b21-12-. The molecule has 0 spiro atoms. The fraction of sp³-hybridized carbons (Fsp3) is 0.176. The topological polar surface area (TPSA) is 83.4 Å². The zero-order valence-electron chi connectivity index (χ0n) is 13.3. The first kappa shape index (κ1) is 17.3. The van der Waals surface area contributed by atoms with E-state index >= 15 is 0 Å². The average molecular weight is 328 g/mol. The summed E-state index contributed by atoms with van der Waals surface area (Å²) in [4.78, 5) is 27.8. The third-order valence-corrected chi connectivity index (χ3v) is 3.05. The zero-order valence-corrected chi connectivity index (χ0v) is 13.3. The summed E-state index contributed by atoms with van der Waals surface area (Å²) in [5, 5.41) is 6.52. The van der Waals surface area contributed by atoms with E-state index in [-0.39, 0.29) is 17.9 Å². The van der Waals surface area contributed by atoms with E-state index in [0.717, 1.165) is 5.56 Å². The maximum absolute atomic E-state index is 12.8. The summed E-state index contributed by atoms with van der Waals surface area (Å²) in [6.07, 6.45) is 1.62. The highest BCUT2D eigenvalue weighted by Gasteiger charge is 2.07. The number of halogens is 1. The van der Waals surface area contributed by atoms with Crippen LogP contribution in [-0.4, -0.2) is 22.5 Å². The SMILES string of the molecule is C/C(CC(=O)Nc1cc(C)ccn1)=N/NC(=O)c1ccc(F)cc1. The third-order valence-electron chi connectivity index (χ3n) is 3.05. The van der Waals surface area contributed by atoms with Gasteiger partial charge in [0.15, 0.2) is 0 Å². The second kappa shape index (κ2) is 7.96. The summed E-state index contributed by atoms with van der Waals surface area (Å²) >= 11 is 0. The van der Waals surface area contributed by atoms with Crippen LogP contribution >= 0.6 is 0 Å². The Bertz CT molecular complexity index is 772. The summed E-state index contributed by atoms with van der Waals surface area (Å²) in [5.74, 6) is -0.726. The van der Waals surface area contributed by atoms with Crippen molar-refractivity contribution in [2.75, 3.05) is 5.32 Å². The van der Waals surface area contributed by atoms with Crippen LogP contribution in [-0.2, 0) is 4.79 Å². The second-order valence-electron chi connectivity index (χ2n) is 5.24. The Balaban J connectivity index is 1.87. The van der Waals surface area contributed by atoms with Crippen molar-refractivity contribution in [3.05, 3.63) is 59.5 Å². The largest absolute Gasteiger partial charge is 0.310 e. The molecule has 1 aromatic carbocycles. The first-order valence-corrected chi connectivity index (χ1v) is 7.25. The van der Waals surface area contributed by atoms with Gasteiger partial charge in [-0.15, -0.1) is 0 Å². The molecule has 7 heteroatoms. The molecule has 2 N–H and O–H groups in total. The number of carbonyl (C=O) groups excluding carboxylic acids is 2. The quantitative estimate of drug-likeness (QED) is 0.654. The number of pyridine rings is 1. The Morgan fingerprint density at radius 2 is 1.92 bits per heavy atom. The Hall–Kier alpha value is -3.09. The number of nitrogens with zero attached hydrogens (tertiary/aromatic N) is 2. The number of anilines is 1. The number of hydrogen-bond acceptors (Lipinski definition) is 4. The number of rotatable bonds is 5. The fourth-order valence-electron chi connectivity index (χ4n) is 1.88. The minimum absolute atomic E-state index is 0.0132. The number of hydrazone groups is 1. The molecule has 0 aliphatic rings. The molecule has 0 fully saturated rings. The highest BCUT2D eigenvalue weighted by Crippen LogP contribution is 2.06. The van der Waals surface area contributed by atoms with Crippen molar-refractivity contribution in [3.63, 3.8) is 0 Å². The average Bonchev–Trinajstić information content (AvgIpc) is 2.53. The lowest BCUT2D eigenvalue weighted by atomic mass is 10.2. The normalized spacial score (nSPS) is 11.0. The minimum atomic E-state index is -0.477. The van der Waals surface area contributed by atoms with Crippen LogP contribution in [0.25, 0.3) is 0 Å². The molecule has 0 aliphatic heterocycles. The van der Waals surface area contributed by atoms with E-state index in [9.17, 15) is 14.0 Å². The van der Waals surface area contributed by atoms with Gasteiger partial charge in [-0.05, 0) is 55.8 Å². The van der Waals surface area contributed by atoms with Crippen molar-refractivity contribution < 1.29 is 14.0 Å². The minimum Gasteiger partial charge on any atom is -0.310 e. The van der Waals surface area contributed by atoms with Crippen LogP contribution in [0.5, 0.6) is 0 Å². The molecular formula is C17H17FN4O2. The van der Waals surface area contributed by atoms with Crippen molar-refractivity contribution in [1.82, 2.24) is 10.4 Å². The summed E-state index contributed by atoms with van der Waals surface area (Å²) in [5.41, 5.74) is 4.02. The van der Waals surface area contributed by atoms with Crippen LogP contribution in [0.2, 0.25) is 0 Å². The first-order valence-electron chi connectivity index (χ1n) is 7.25. The molecular weight excluding hydrogens is 311 g/mol. The van der Waals surface area contributed by atoms with Crippen LogP contribution in [0.1, 0.15) is 29.3 Å². The van der Waals surface area contributed by atoms with Crippen LogP contribution in [0, 0.1) is 12.7 Å². The summed E-state index contributed by atoms with van der Waals surface area (Å²) in [6.45, 7) is 3.52. The molecule has 2 rings (SSSR count). The van der Waals surface area contributed by atoms with Crippen LogP contribution < -0.4 is 10.7 Å². The maximum atomic E-state index is 12.8. The number of hydrogen-bond donors (Lipinski definition) is 2. The predicted octanol–water partition coefficient (Wildman–Crippen LogP) is 2.66. The first-order chi connectivity index (χ1) is 11.4. The van der Waals surface area contributed by atoms with Gasteiger partial charge in [-0.25, -0.2) is 14.8 Å². The van der Waals surface area contributed by atoms with Gasteiger partial charge in [0, 0.05) is 17.5 Å². The van der Waals surface area contributed by atoms with Gasteiger partial charge >= 0.3 is 0 Å². The Morgan fingerprint density at radius 1 is 1.21 bits per heavy atom. The van der Waals surface area contributed by atoms with E-state index in [1.165, 1.54) is 24.3 Å². The van der Waals surface area contributed by atoms with Gasteiger partial charge in [0.1, 0.15) is 11.6 Å². The van der Waals surface area contributed by atoms with Gasteiger partial charge in [-0.1, -0.05) is 0 Å². The molecule has 0 saturated carbocycles. The van der Waals surface area contributed by atoms with Gasteiger partial charge in [0.25, 0.3) is 5.91 Å². The van der Waals surface area contributed by atoms with Crippen molar-refractivity contribution in [3.8, 4) is 0 Å². The van der Waals surface area contributed by atoms with Crippen molar-refractivity contribution >= 4 is 23.3 Å². The maximum Gasteiger partial charge on any atom is 0.271 e. The van der Waals surface area contributed by atoms with Gasteiger partial charge in [-0.2, -0.15) is 5.10 Å². The van der Waals surface area contributed by atoms with E-state index in [2.05, 4.69) is 20.8 Å². The third kappa shape index (κ3) is 5.28. The van der Waals surface area contributed by atoms with Crippen LogP contribution in [0.3, 0.4) is 0 Å². The molecule has 0 saturated heterocycles. The van der Waals surface area contributed by atoms with Gasteiger partial charge < -0.3 is 5.32 Å². The molecule has 1 aromatic heterocycles. The van der Waals surface area contributed by atoms with E-state index in [4.69, 9.17) is 0 Å². The number of carbonyl (C=O) groups is 2. The number of aromatic nitrogens is 1.